The van der Waals surface area contributed by atoms with Crippen LogP contribution in [0.1, 0.15) is 5.82 Å². The Labute approximate surface area is 86.2 Å². The van der Waals surface area contributed by atoms with Crippen LogP contribution in [0.25, 0.3) is 0 Å². The van der Waals surface area contributed by atoms with Gasteiger partial charge in [-0.15, -0.1) is 0 Å². The molecule has 1 aliphatic rings. The molecule has 1 aromatic heterocycles. The predicted molar refractivity (Wildman–Crippen MR) is 48.8 cm³/mol. The quantitative estimate of drug-likeness (QED) is 0.659. The van der Waals surface area contributed by atoms with E-state index in [-0.39, 0.29) is 5.91 Å². The second kappa shape index (κ2) is 4.85. The lowest BCUT2D eigenvalue weighted by Crippen LogP contribution is -2.42. The van der Waals surface area contributed by atoms with E-state index >= 15 is 0 Å². The molecule has 1 fully saturated rings. The van der Waals surface area contributed by atoms with Gasteiger partial charge in [0.15, 0.2) is 6.10 Å². The minimum atomic E-state index is -0.512. The van der Waals surface area contributed by atoms with E-state index in [1.807, 2.05) is 0 Å². The zero-order valence-electron chi connectivity index (χ0n) is 8.10. The zero-order chi connectivity index (χ0) is 10.5. The summed E-state index contributed by atoms with van der Waals surface area (Å²) in [7, 11) is 0. The normalized spacial score (nSPS) is 21.2. The van der Waals surface area contributed by atoms with Crippen LogP contribution in [-0.4, -0.2) is 47.0 Å². The number of aromatic amines is 1. The molecule has 1 aromatic rings. The van der Waals surface area contributed by atoms with Crippen LogP contribution >= 0.6 is 0 Å². The number of H-pyrrole nitrogens is 1. The lowest BCUT2D eigenvalue weighted by molar-refractivity contribution is -0.147. The SMILES string of the molecule is O=C(NCc1ncn[nH]1)C1COCCO1. The number of carbonyl (C=O) groups excluding carboxylic acids is 1. The van der Waals surface area contributed by atoms with Crippen LogP contribution in [0.15, 0.2) is 6.33 Å². The minimum Gasteiger partial charge on any atom is -0.376 e. The van der Waals surface area contributed by atoms with E-state index in [1.165, 1.54) is 6.33 Å². The first-order valence-corrected chi connectivity index (χ1v) is 4.67. The van der Waals surface area contributed by atoms with Gasteiger partial charge in [-0.05, 0) is 0 Å². The maximum Gasteiger partial charge on any atom is 0.251 e. The molecule has 1 saturated heterocycles. The number of nitrogens with one attached hydrogen (secondary N) is 2. The summed E-state index contributed by atoms with van der Waals surface area (Å²) in [5.74, 6) is 0.422. The molecule has 2 rings (SSSR count). The molecule has 0 bridgehead atoms. The molecular formula is C8H12N4O3. The highest BCUT2D eigenvalue weighted by Gasteiger charge is 2.22. The Morgan fingerprint density at radius 3 is 3.27 bits per heavy atom. The number of ether oxygens (including phenoxy) is 2. The molecule has 2 heterocycles. The summed E-state index contributed by atoms with van der Waals surface area (Å²) >= 11 is 0. The molecule has 1 atom stereocenters. The van der Waals surface area contributed by atoms with E-state index in [4.69, 9.17) is 9.47 Å². The van der Waals surface area contributed by atoms with Crippen molar-refractivity contribution < 1.29 is 14.3 Å². The Hall–Kier alpha value is -1.47. The maximum atomic E-state index is 11.5. The van der Waals surface area contributed by atoms with Crippen molar-refractivity contribution in [3.8, 4) is 0 Å². The Balaban J connectivity index is 1.76. The molecule has 82 valence electrons. The van der Waals surface area contributed by atoms with E-state index in [1.54, 1.807) is 0 Å². The number of aromatic nitrogens is 3. The lowest BCUT2D eigenvalue weighted by Gasteiger charge is -2.21. The van der Waals surface area contributed by atoms with Gasteiger partial charge in [0.25, 0.3) is 5.91 Å². The molecule has 0 aliphatic carbocycles. The van der Waals surface area contributed by atoms with Crippen LogP contribution in [0.3, 0.4) is 0 Å². The van der Waals surface area contributed by atoms with Gasteiger partial charge in [0.2, 0.25) is 0 Å². The first kappa shape index (κ1) is 10.1. The number of hydrogen-bond acceptors (Lipinski definition) is 5. The number of carbonyl (C=O) groups is 1. The fourth-order valence-corrected chi connectivity index (χ4v) is 1.24. The van der Waals surface area contributed by atoms with Crippen LogP contribution < -0.4 is 5.32 Å². The van der Waals surface area contributed by atoms with Crippen LogP contribution in [0.2, 0.25) is 0 Å². The fraction of sp³-hybridized carbons (Fsp3) is 0.625. The van der Waals surface area contributed by atoms with Crippen LogP contribution in [0, 0.1) is 0 Å². The smallest absolute Gasteiger partial charge is 0.251 e. The van der Waals surface area contributed by atoms with Crippen molar-refractivity contribution in [2.75, 3.05) is 19.8 Å². The van der Waals surface area contributed by atoms with E-state index < -0.39 is 6.10 Å². The van der Waals surface area contributed by atoms with Crippen LogP contribution in [0.5, 0.6) is 0 Å². The number of amides is 1. The molecule has 2 N–H and O–H groups in total. The summed E-state index contributed by atoms with van der Waals surface area (Å²) in [5, 5.41) is 8.99. The van der Waals surface area contributed by atoms with Gasteiger partial charge in [0.1, 0.15) is 12.2 Å². The van der Waals surface area contributed by atoms with Crippen molar-refractivity contribution in [1.29, 1.82) is 0 Å². The topological polar surface area (TPSA) is 89.1 Å². The van der Waals surface area contributed by atoms with Crippen molar-refractivity contribution in [2.45, 2.75) is 12.6 Å². The molecule has 0 radical (unpaired) electrons. The predicted octanol–water partition coefficient (Wildman–Crippen LogP) is -1.16. The average Bonchev–Trinajstić information content (AvgIpc) is 2.80. The molecule has 7 heteroatoms. The van der Waals surface area contributed by atoms with Gasteiger partial charge in [-0.1, -0.05) is 0 Å². The van der Waals surface area contributed by atoms with Gasteiger partial charge in [-0.25, -0.2) is 4.98 Å². The third kappa shape index (κ3) is 2.74. The van der Waals surface area contributed by atoms with Crippen molar-refractivity contribution in [2.24, 2.45) is 0 Å². The summed E-state index contributed by atoms with van der Waals surface area (Å²) < 4.78 is 10.3. The third-order valence-electron chi connectivity index (χ3n) is 2.00. The molecule has 7 nitrogen and oxygen atoms in total. The molecule has 0 spiro atoms. The Morgan fingerprint density at radius 1 is 1.67 bits per heavy atom. The second-order valence-electron chi connectivity index (χ2n) is 3.08. The lowest BCUT2D eigenvalue weighted by atomic mass is 10.3. The third-order valence-corrected chi connectivity index (χ3v) is 2.00. The van der Waals surface area contributed by atoms with Crippen molar-refractivity contribution in [3.63, 3.8) is 0 Å². The van der Waals surface area contributed by atoms with Gasteiger partial charge in [0.05, 0.1) is 26.4 Å². The fourth-order valence-electron chi connectivity index (χ4n) is 1.24. The Morgan fingerprint density at radius 2 is 2.60 bits per heavy atom. The van der Waals surface area contributed by atoms with Gasteiger partial charge in [-0.3, -0.25) is 9.89 Å². The summed E-state index contributed by atoms with van der Waals surface area (Å²) in [6.45, 7) is 1.63. The molecule has 1 aliphatic heterocycles. The van der Waals surface area contributed by atoms with E-state index in [0.29, 0.717) is 32.2 Å². The van der Waals surface area contributed by atoms with Gasteiger partial charge in [0, 0.05) is 0 Å². The highest BCUT2D eigenvalue weighted by Crippen LogP contribution is 2.00. The first-order valence-electron chi connectivity index (χ1n) is 4.67. The van der Waals surface area contributed by atoms with Crippen molar-refractivity contribution >= 4 is 5.91 Å². The molecular weight excluding hydrogens is 200 g/mol. The molecule has 1 unspecified atom stereocenters. The average molecular weight is 212 g/mol. The second-order valence-corrected chi connectivity index (χ2v) is 3.08. The molecule has 0 aromatic carbocycles. The molecule has 0 saturated carbocycles. The van der Waals surface area contributed by atoms with Crippen LogP contribution in [-0.2, 0) is 20.8 Å². The van der Waals surface area contributed by atoms with Gasteiger partial charge < -0.3 is 14.8 Å². The first-order chi connectivity index (χ1) is 7.36. The standard InChI is InChI=1S/C8H12N4O3/c13-8(6-4-14-1-2-15-6)9-3-7-10-5-11-12-7/h5-6H,1-4H2,(H,9,13)(H,10,11,12). The summed E-state index contributed by atoms with van der Waals surface area (Å²) in [6, 6.07) is 0. The molecule has 15 heavy (non-hydrogen) atoms. The maximum absolute atomic E-state index is 11.5. The van der Waals surface area contributed by atoms with Gasteiger partial charge >= 0.3 is 0 Å². The summed E-state index contributed by atoms with van der Waals surface area (Å²) in [5.41, 5.74) is 0. The largest absolute Gasteiger partial charge is 0.376 e. The number of rotatable bonds is 3. The monoisotopic (exact) mass is 212 g/mol. The zero-order valence-corrected chi connectivity index (χ0v) is 8.10. The molecule has 1 amide bonds. The van der Waals surface area contributed by atoms with Gasteiger partial charge in [-0.2, -0.15) is 5.10 Å². The van der Waals surface area contributed by atoms with E-state index in [9.17, 15) is 4.79 Å². The van der Waals surface area contributed by atoms with Crippen molar-refractivity contribution in [1.82, 2.24) is 20.5 Å². The Bertz CT molecular complexity index is 308. The highest BCUT2D eigenvalue weighted by atomic mass is 16.6. The van der Waals surface area contributed by atoms with E-state index in [2.05, 4.69) is 20.5 Å². The summed E-state index contributed by atoms with van der Waals surface area (Å²) in [6.07, 6.45) is 0.878. The minimum absolute atomic E-state index is 0.189. The van der Waals surface area contributed by atoms with Crippen molar-refractivity contribution in [3.05, 3.63) is 12.2 Å². The number of nitrogens with zero attached hydrogens (tertiary/aromatic N) is 2. The summed E-state index contributed by atoms with van der Waals surface area (Å²) in [4.78, 5) is 15.4. The van der Waals surface area contributed by atoms with E-state index in [0.717, 1.165) is 0 Å². The highest BCUT2D eigenvalue weighted by molar-refractivity contribution is 5.80. The number of hydrogen-bond donors (Lipinski definition) is 2. The van der Waals surface area contributed by atoms with Crippen LogP contribution in [0.4, 0.5) is 0 Å². The Kier molecular flexibility index (Phi) is 3.25.